The first kappa shape index (κ1) is 9.97. The van der Waals surface area contributed by atoms with E-state index in [4.69, 9.17) is 0 Å². The lowest BCUT2D eigenvalue weighted by Gasteiger charge is -1.99. The second-order valence-electron chi connectivity index (χ2n) is 3.97. The van der Waals surface area contributed by atoms with Gasteiger partial charge in [-0.3, -0.25) is 4.68 Å². The fraction of sp³-hybridized carbons (Fsp3) is 0.308. The first-order chi connectivity index (χ1) is 7.24. The zero-order valence-electron chi connectivity index (χ0n) is 9.27. The Morgan fingerprint density at radius 1 is 1.07 bits per heavy atom. The number of rotatable bonds is 3. The van der Waals surface area contributed by atoms with Gasteiger partial charge in [0.25, 0.3) is 0 Å². The van der Waals surface area contributed by atoms with Gasteiger partial charge in [-0.25, -0.2) is 0 Å². The molecule has 0 saturated carbocycles. The van der Waals surface area contributed by atoms with Crippen molar-refractivity contribution in [3.63, 3.8) is 0 Å². The molecule has 78 valence electrons. The van der Waals surface area contributed by atoms with E-state index in [0.717, 1.165) is 18.5 Å². The SMILES string of the molecule is Cc1ccc(CCc2ccn(C)n2)cc1. The Labute approximate surface area is 90.6 Å². The third-order valence-electron chi connectivity index (χ3n) is 2.56. The Morgan fingerprint density at radius 3 is 2.40 bits per heavy atom. The van der Waals surface area contributed by atoms with E-state index >= 15 is 0 Å². The smallest absolute Gasteiger partial charge is 0.0627 e. The molecule has 2 aromatic rings. The molecule has 0 aliphatic rings. The van der Waals surface area contributed by atoms with Crippen LogP contribution < -0.4 is 0 Å². The summed E-state index contributed by atoms with van der Waals surface area (Å²) in [5.74, 6) is 0. The fourth-order valence-electron chi connectivity index (χ4n) is 1.62. The molecular formula is C13H16N2. The topological polar surface area (TPSA) is 17.8 Å². The van der Waals surface area contributed by atoms with Crippen LogP contribution in [0, 0.1) is 6.92 Å². The van der Waals surface area contributed by atoms with Crippen LogP contribution in [0.2, 0.25) is 0 Å². The van der Waals surface area contributed by atoms with Gasteiger partial charge in [-0.15, -0.1) is 0 Å². The van der Waals surface area contributed by atoms with Gasteiger partial charge < -0.3 is 0 Å². The van der Waals surface area contributed by atoms with Gasteiger partial charge >= 0.3 is 0 Å². The molecule has 1 aromatic carbocycles. The molecule has 0 spiro atoms. The van der Waals surface area contributed by atoms with Crippen molar-refractivity contribution in [2.75, 3.05) is 0 Å². The van der Waals surface area contributed by atoms with Gasteiger partial charge in [0, 0.05) is 13.2 Å². The summed E-state index contributed by atoms with van der Waals surface area (Å²) in [5, 5.41) is 4.36. The minimum absolute atomic E-state index is 1.02. The van der Waals surface area contributed by atoms with E-state index in [1.54, 1.807) is 0 Å². The molecule has 1 heterocycles. The van der Waals surface area contributed by atoms with E-state index in [0.29, 0.717) is 0 Å². The third-order valence-corrected chi connectivity index (χ3v) is 2.56. The summed E-state index contributed by atoms with van der Waals surface area (Å²) in [5.41, 5.74) is 3.86. The maximum Gasteiger partial charge on any atom is 0.0627 e. The van der Waals surface area contributed by atoms with Gasteiger partial charge in [-0.1, -0.05) is 29.8 Å². The van der Waals surface area contributed by atoms with Crippen LogP contribution in [-0.4, -0.2) is 9.78 Å². The van der Waals surface area contributed by atoms with Crippen LogP contribution in [-0.2, 0) is 19.9 Å². The van der Waals surface area contributed by atoms with Crippen molar-refractivity contribution >= 4 is 0 Å². The second-order valence-corrected chi connectivity index (χ2v) is 3.97. The maximum atomic E-state index is 4.36. The summed E-state index contributed by atoms with van der Waals surface area (Å²) in [6.07, 6.45) is 4.08. The Bertz CT molecular complexity index is 426. The Hall–Kier alpha value is -1.57. The molecule has 0 aliphatic carbocycles. The normalized spacial score (nSPS) is 10.5. The van der Waals surface area contributed by atoms with Crippen molar-refractivity contribution in [3.05, 3.63) is 53.3 Å². The van der Waals surface area contributed by atoms with Crippen LogP contribution in [0.25, 0.3) is 0 Å². The molecule has 0 saturated heterocycles. The predicted molar refractivity (Wildman–Crippen MR) is 61.8 cm³/mol. The molecule has 0 N–H and O–H groups in total. The highest BCUT2D eigenvalue weighted by Gasteiger charge is 1.98. The van der Waals surface area contributed by atoms with Crippen molar-refractivity contribution in [2.45, 2.75) is 19.8 Å². The molecule has 0 atom stereocenters. The van der Waals surface area contributed by atoms with Crippen molar-refractivity contribution in [3.8, 4) is 0 Å². The molecule has 0 aliphatic heterocycles. The Morgan fingerprint density at radius 2 is 1.80 bits per heavy atom. The van der Waals surface area contributed by atoms with Crippen LogP contribution in [0.3, 0.4) is 0 Å². The van der Waals surface area contributed by atoms with Gasteiger partial charge in [-0.2, -0.15) is 5.10 Å². The molecule has 2 nitrogen and oxygen atoms in total. The number of hydrogen-bond donors (Lipinski definition) is 0. The summed E-state index contributed by atoms with van der Waals surface area (Å²) >= 11 is 0. The number of aryl methyl sites for hydroxylation is 4. The van der Waals surface area contributed by atoms with Crippen molar-refractivity contribution in [1.29, 1.82) is 0 Å². The van der Waals surface area contributed by atoms with Crippen LogP contribution in [0.1, 0.15) is 16.8 Å². The summed E-state index contributed by atoms with van der Waals surface area (Å²) in [6.45, 7) is 2.11. The minimum Gasteiger partial charge on any atom is -0.276 e. The van der Waals surface area contributed by atoms with Crippen molar-refractivity contribution in [2.24, 2.45) is 7.05 Å². The third kappa shape index (κ3) is 2.69. The summed E-state index contributed by atoms with van der Waals surface area (Å²) in [4.78, 5) is 0. The van der Waals surface area contributed by atoms with Gasteiger partial charge in [0.1, 0.15) is 0 Å². The number of hydrogen-bond acceptors (Lipinski definition) is 1. The molecule has 15 heavy (non-hydrogen) atoms. The number of nitrogens with zero attached hydrogens (tertiary/aromatic N) is 2. The molecular weight excluding hydrogens is 184 g/mol. The number of aromatic nitrogens is 2. The van der Waals surface area contributed by atoms with Crippen LogP contribution >= 0.6 is 0 Å². The van der Waals surface area contributed by atoms with Crippen LogP contribution in [0.5, 0.6) is 0 Å². The van der Waals surface area contributed by atoms with Crippen molar-refractivity contribution < 1.29 is 0 Å². The summed E-state index contributed by atoms with van der Waals surface area (Å²) in [7, 11) is 1.95. The highest BCUT2D eigenvalue weighted by molar-refractivity contribution is 5.22. The van der Waals surface area contributed by atoms with Gasteiger partial charge in [0.05, 0.1) is 5.69 Å². The molecule has 0 fully saturated rings. The average Bonchev–Trinajstić information content (AvgIpc) is 2.64. The lowest BCUT2D eigenvalue weighted by Crippen LogP contribution is -1.94. The van der Waals surface area contributed by atoms with Crippen LogP contribution in [0.15, 0.2) is 36.5 Å². The molecule has 1 aromatic heterocycles. The molecule has 0 unspecified atom stereocenters. The molecule has 2 rings (SSSR count). The summed E-state index contributed by atoms with van der Waals surface area (Å²) in [6, 6.07) is 10.8. The largest absolute Gasteiger partial charge is 0.276 e. The van der Waals surface area contributed by atoms with Gasteiger partial charge in [0.2, 0.25) is 0 Å². The van der Waals surface area contributed by atoms with E-state index in [1.807, 2.05) is 17.9 Å². The van der Waals surface area contributed by atoms with Gasteiger partial charge in [-0.05, 0) is 31.4 Å². The van der Waals surface area contributed by atoms with E-state index in [9.17, 15) is 0 Å². The first-order valence-electron chi connectivity index (χ1n) is 5.28. The fourth-order valence-corrected chi connectivity index (χ4v) is 1.62. The molecule has 0 radical (unpaired) electrons. The molecule has 0 bridgehead atoms. The molecule has 2 heteroatoms. The second kappa shape index (κ2) is 4.30. The number of benzene rings is 1. The average molecular weight is 200 g/mol. The zero-order valence-corrected chi connectivity index (χ0v) is 9.27. The first-order valence-corrected chi connectivity index (χ1v) is 5.28. The highest BCUT2D eigenvalue weighted by Crippen LogP contribution is 2.07. The highest BCUT2D eigenvalue weighted by atomic mass is 15.2. The van der Waals surface area contributed by atoms with Gasteiger partial charge in [0.15, 0.2) is 0 Å². The monoisotopic (exact) mass is 200 g/mol. The lowest BCUT2D eigenvalue weighted by molar-refractivity contribution is 0.737. The van der Waals surface area contributed by atoms with Crippen molar-refractivity contribution in [1.82, 2.24) is 9.78 Å². The standard InChI is InChI=1S/C13H16N2/c1-11-3-5-12(6-4-11)7-8-13-9-10-15(2)14-13/h3-6,9-10H,7-8H2,1-2H3. The van der Waals surface area contributed by atoms with E-state index in [1.165, 1.54) is 11.1 Å². The van der Waals surface area contributed by atoms with Crippen LogP contribution in [0.4, 0.5) is 0 Å². The maximum absolute atomic E-state index is 4.36. The summed E-state index contributed by atoms with van der Waals surface area (Å²) < 4.78 is 1.85. The van der Waals surface area contributed by atoms with E-state index in [-0.39, 0.29) is 0 Å². The van der Waals surface area contributed by atoms with E-state index in [2.05, 4.69) is 42.4 Å². The molecule has 0 amide bonds. The quantitative estimate of drug-likeness (QED) is 0.744. The Kier molecular flexibility index (Phi) is 2.86. The minimum atomic E-state index is 1.02. The predicted octanol–water partition coefficient (Wildman–Crippen LogP) is 2.51. The van der Waals surface area contributed by atoms with E-state index < -0.39 is 0 Å². The Balaban J connectivity index is 1.96. The lowest BCUT2D eigenvalue weighted by atomic mass is 10.1. The zero-order chi connectivity index (χ0) is 10.7.